The number of amides is 1. The summed E-state index contributed by atoms with van der Waals surface area (Å²) in [6.45, 7) is 2.62. The largest absolute Gasteiger partial charge is 0.389 e. The van der Waals surface area contributed by atoms with Gasteiger partial charge in [-0.1, -0.05) is 23.7 Å². The third-order valence-corrected chi connectivity index (χ3v) is 3.32. The molecular weight excluding hydrogens is 280 g/mol. The lowest BCUT2D eigenvalue weighted by Gasteiger charge is -2.24. The van der Waals surface area contributed by atoms with Crippen LogP contribution in [0.5, 0.6) is 0 Å². The number of hydrogen-bond donors (Lipinski definition) is 2. The predicted octanol–water partition coefficient (Wildman–Crippen LogP) is 1.02. The van der Waals surface area contributed by atoms with Gasteiger partial charge in [-0.3, -0.25) is 9.69 Å². The van der Waals surface area contributed by atoms with E-state index >= 15 is 0 Å². The van der Waals surface area contributed by atoms with E-state index < -0.39 is 18.1 Å². The van der Waals surface area contributed by atoms with Crippen molar-refractivity contribution in [3.8, 4) is 0 Å². The SMILES string of the molecule is C[C@H](C(N)=O)N(C)CC(O)COCc1ccc(Cl)cc1. The van der Waals surface area contributed by atoms with E-state index in [1.165, 1.54) is 0 Å². The molecular formula is C14H21ClN2O3. The van der Waals surface area contributed by atoms with Gasteiger partial charge in [-0.15, -0.1) is 0 Å². The first-order chi connectivity index (χ1) is 9.40. The molecule has 2 atom stereocenters. The zero-order chi connectivity index (χ0) is 15.1. The summed E-state index contributed by atoms with van der Waals surface area (Å²) in [5.41, 5.74) is 6.18. The highest BCUT2D eigenvalue weighted by molar-refractivity contribution is 6.30. The molecule has 0 bridgehead atoms. The van der Waals surface area contributed by atoms with Crippen LogP contribution in [0, 0.1) is 0 Å². The van der Waals surface area contributed by atoms with Crippen LogP contribution in [0.4, 0.5) is 0 Å². The highest BCUT2D eigenvalue weighted by Gasteiger charge is 2.17. The van der Waals surface area contributed by atoms with Crippen molar-refractivity contribution in [3.63, 3.8) is 0 Å². The maximum Gasteiger partial charge on any atom is 0.234 e. The summed E-state index contributed by atoms with van der Waals surface area (Å²) >= 11 is 5.78. The first-order valence-electron chi connectivity index (χ1n) is 6.40. The van der Waals surface area contributed by atoms with E-state index in [9.17, 15) is 9.90 Å². The van der Waals surface area contributed by atoms with Gasteiger partial charge in [0, 0.05) is 11.6 Å². The number of halogens is 1. The number of ether oxygens (including phenoxy) is 1. The van der Waals surface area contributed by atoms with Gasteiger partial charge in [0.1, 0.15) is 0 Å². The van der Waals surface area contributed by atoms with E-state index in [4.69, 9.17) is 22.1 Å². The Morgan fingerprint density at radius 3 is 2.60 bits per heavy atom. The minimum Gasteiger partial charge on any atom is -0.389 e. The van der Waals surface area contributed by atoms with Gasteiger partial charge in [-0.2, -0.15) is 0 Å². The number of carbonyl (C=O) groups is 1. The summed E-state index contributed by atoms with van der Waals surface area (Å²) in [5.74, 6) is -0.415. The minimum atomic E-state index is -0.672. The fourth-order valence-electron chi connectivity index (χ4n) is 1.65. The van der Waals surface area contributed by atoms with Crippen LogP contribution in [0.15, 0.2) is 24.3 Å². The molecule has 0 aliphatic rings. The lowest BCUT2D eigenvalue weighted by Crippen LogP contribution is -2.44. The molecule has 0 aliphatic heterocycles. The predicted molar refractivity (Wildman–Crippen MR) is 78.4 cm³/mol. The van der Waals surface area contributed by atoms with Crippen LogP contribution < -0.4 is 5.73 Å². The first kappa shape index (κ1) is 16.9. The van der Waals surface area contributed by atoms with Gasteiger partial charge in [-0.05, 0) is 31.7 Å². The Kier molecular flexibility index (Phi) is 6.95. The van der Waals surface area contributed by atoms with Crippen LogP contribution in [-0.4, -0.2) is 48.3 Å². The van der Waals surface area contributed by atoms with Gasteiger partial charge < -0.3 is 15.6 Å². The quantitative estimate of drug-likeness (QED) is 0.752. The molecule has 0 heterocycles. The van der Waals surface area contributed by atoms with Gasteiger partial charge in [0.2, 0.25) is 5.91 Å². The number of rotatable bonds is 8. The Morgan fingerprint density at radius 1 is 1.45 bits per heavy atom. The maximum atomic E-state index is 11.0. The zero-order valence-electron chi connectivity index (χ0n) is 11.8. The number of likely N-dealkylation sites (N-methyl/N-ethyl adjacent to an activating group) is 1. The molecule has 3 N–H and O–H groups in total. The van der Waals surface area contributed by atoms with E-state index in [1.807, 2.05) is 12.1 Å². The van der Waals surface area contributed by atoms with E-state index in [1.54, 1.807) is 31.0 Å². The summed E-state index contributed by atoms with van der Waals surface area (Å²) in [7, 11) is 1.73. The normalized spacial score (nSPS) is 14.2. The number of carbonyl (C=O) groups excluding carboxylic acids is 1. The van der Waals surface area contributed by atoms with Crippen molar-refractivity contribution in [2.75, 3.05) is 20.2 Å². The molecule has 1 rings (SSSR count). The monoisotopic (exact) mass is 300 g/mol. The van der Waals surface area contributed by atoms with E-state index in [0.717, 1.165) is 5.56 Å². The Balaban J connectivity index is 2.27. The zero-order valence-corrected chi connectivity index (χ0v) is 12.5. The lowest BCUT2D eigenvalue weighted by molar-refractivity contribution is -0.122. The van der Waals surface area contributed by atoms with Crippen molar-refractivity contribution in [2.45, 2.75) is 25.7 Å². The van der Waals surface area contributed by atoms with Gasteiger partial charge in [-0.25, -0.2) is 0 Å². The molecule has 1 aromatic rings. The maximum absolute atomic E-state index is 11.0. The number of nitrogens with zero attached hydrogens (tertiary/aromatic N) is 1. The Labute approximate surface area is 124 Å². The van der Waals surface area contributed by atoms with Crippen molar-refractivity contribution in [1.82, 2.24) is 4.90 Å². The third kappa shape index (κ3) is 5.88. The smallest absolute Gasteiger partial charge is 0.234 e. The van der Waals surface area contributed by atoms with Gasteiger partial charge in [0.05, 0.1) is 25.4 Å². The average Bonchev–Trinajstić information content (AvgIpc) is 2.39. The Morgan fingerprint density at radius 2 is 2.05 bits per heavy atom. The van der Waals surface area contributed by atoms with Gasteiger partial charge >= 0.3 is 0 Å². The average molecular weight is 301 g/mol. The first-order valence-corrected chi connectivity index (χ1v) is 6.77. The van der Waals surface area contributed by atoms with Crippen molar-refractivity contribution in [1.29, 1.82) is 0 Å². The molecule has 1 unspecified atom stereocenters. The molecule has 5 nitrogen and oxygen atoms in total. The van der Waals surface area contributed by atoms with Crippen LogP contribution in [-0.2, 0) is 16.1 Å². The number of hydrogen-bond acceptors (Lipinski definition) is 4. The second-order valence-electron chi connectivity index (χ2n) is 4.81. The van der Waals surface area contributed by atoms with Crippen molar-refractivity contribution < 1.29 is 14.6 Å². The molecule has 1 aromatic carbocycles. The Bertz CT molecular complexity index is 425. The molecule has 0 saturated carbocycles. The van der Waals surface area contributed by atoms with Crippen LogP contribution in [0.1, 0.15) is 12.5 Å². The number of aliphatic hydroxyl groups excluding tert-OH is 1. The molecule has 0 spiro atoms. The van der Waals surface area contributed by atoms with Crippen LogP contribution in [0.25, 0.3) is 0 Å². The summed E-state index contributed by atoms with van der Waals surface area (Å²) in [4.78, 5) is 12.7. The van der Waals surface area contributed by atoms with Crippen molar-refractivity contribution in [3.05, 3.63) is 34.9 Å². The fourth-order valence-corrected chi connectivity index (χ4v) is 1.78. The third-order valence-electron chi connectivity index (χ3n) is 3.06. The Hall–Kier alpha value is -1.14. The summed E-state index contributed by atoms with van der Waals surface area (Å²) in [6, 6.07) is 6.91. The molecule has 1 amide bonds. The molecule has 20 heavy (non-hydrogen) atoms. The summed E-state index contributed by atoms with van der Waals surface area (Å²) in [5, 5.41) is 10.5. The summed E-state index contributed by atoms with van der Waals surface area (Å²) in [6.07, 6.45) is -0.672. The minimum absolute atomic E-state index is 0.193. The van der Waals surface area contributed by atoms with Crippen LogP contribution in [0.3, 0.4) is 0 Å². The van der Waals surface area contributed by atoms with Gasteiger partial charge in [0.25, 0.3) is 0 Å². The number of primary amides is 1. The van der Waals surface area contributed by atoms with E-state index in [-0.39, 0.29) is 6.61 Å². The molecule has 0 aliphatic carbocycles. The molecule has 6 heteroatoms. The van der Waals surface area contributed by atoms with Gasteiger partial charge in [0.15, 0.2) is 0 Å². The fraction of sp³-hybridized carbons (Fsp3) is 0.500. The van der Waals surface area contributed by atoms with E-state index in [2.05, 4.69) is 0 Å². The second kappa shape index (κ2) is 8.21. The molecule has 0 saturated heterocycles. The molecule has 0 radical (unpaired) electrons. The molecule has 112 valence electrons. The van der Waals surface area contributed by atoms with E-state index in [0.29, 0.717) is 18.2 Å². The molecule has 0 fully saturated rings. The van der Waals surface area contributed by atoms with Crippen molar-refractivity contribution >= 4 is 17.5 Å². The number of nitrogens with two attached hydrogens (primary N) is 1. The molecule has 0 aromatic heterocycles. The van der Waals surface area contributed by atoms with Crippen LogP contribution in [0.2, 0.25) is 5.02 Å². The highest BCUT2D eigenvalue weighted by atomic mass is 35.5. The number of benzene rings is 1. The number of aliphatic hydroxyl groups is 1. The summed E-state index contributed by atoms with van der Waals surface area (Å²) < 4.78 is 5.43. The lowest BCUT2D eigenvalue weighted by atomic mass is 10.2. The highest BCUT2D eigenvalue weighted by Crippen LogP contribution is 2.10. The topological polar surface area (TPSA) is 75.8 Å². The standard InChI is InChI=1S/C14H21ClN2O3/c1-10(14(16)19)17(2)7-13(18)9-20-8-11-3-5-12(15)6-4-11/h3-6,10,13,18H,7-9H2,1-2H3,(H2,16,19)/t10-,13?/m1/s1. The second-order valence-corrected chi connectivity index (χ2v) is 5.25. The van der Waals surface area contributed by atoms with Crippen molar-refractivity contribution in [2.24, 2.45) is 5.73 Å². The van der Waals surface area contributed by atoms with Crippen LogP contribution >= 0.6 is 11.6 Å².